The number of hydrogen-bond acceptors (Lipinski definition) is 0. The van der Waals surface area contributed by atoms with Crippen LogP contribution in [0.3, 0.4) is 0 Å². The van der Waals surface area contributed by atoms with Crippen LogP contribution in [-0.4, -0.2) is 18.3 Å². The summed E-state index contributed by atoms with van der Waals surface area (Å²) in [5.74, 6) is 5.41. The fourth-order valence-corrected chi connectivity index (χ4v) is 21.0. The molecule has 3 rings (SSSR count). The predicted molar refractivity (Wildman–Crippen MR) is 112 cm³/mol. The molecule has 0 aromatic carbocycles. The molecule has 0 aromatic heterocycles. The van der Waals surface area contributed by atoms with Crippen molar-refractivity contribution >= 4 is 35.4 Å². The zero-order valence-electron chi connectivity index (χ0n) is 16.0. The van der Waals surface area contributed by atoms with Gasteiger partial charge in [0.15, 0.2) is 0 Å². The number of halogens is 2. The maximum absolute atomic E-state index is 7.01. The Morgan fingerprint density at radius 2 is 1.84 bits per heavy atom. The number of rotatable bonds is 2. The second-order valence-electron chi connectivity index (χ2n) is 8.11. The molecular formula is C21H27Cl2GeHf. The van der Waals surface area contributed by atoms with Crippen molar-refractivity contribution in [2.24, 2.45) is 11.3 Å². The van der Waals surface area contributed by atoms with E-state index < -0.39 is 33.0 Å². The van der Waals surface area contributed by atoms with E-state index in [1.807, 2.05) is 0 Å². The third-order valence-corrected chi connectivity index (χ3v) is 21.3. The molecule has 0 spiro atoms. The summed E-state index contributed by atoms with van der Waals surface area (Å²) in [5, 5.41) is 0. The number of hydrogen-bond donors (Lipinski definition) is 0. The molecule has 0 bridgehead atoms. The molecule has 4 heteroatoms. The summed E-state index contributed by atoms with van der Waals surface area (Å²) in [6, 6.07) is 0. The van der Waals surface area contributed by atoms with Crippen LogP contribution in [0.25, 0.3) is 0 Å². The molecular weight excluding hydrogens is 574 g/mol. The average Bonchev–Trinajstić information content (AvgIpc) is 3.04. The van der Waals surface area contributed by atoms with Crippen molar-refractivity contribution in [2.75, 3.05) is 0 Å². The van der Waals surface area contributed by atoms with E-state index in [1.54, 1.807) is 4.35 Å². The van der Waals surface area contributed by atoms with E-state index in [-0.39, 0.29) is 8.59 Å². The van der Waals surface area contributed by atoms with Gasteiger partial charge in [-0.1, -0.05) is 0 Å². The van der Waals surface area contributed by atoms with Gasteiger partial charge in [0.25, 0.3) is 0 Å². The molecule has 0 aromatic rings. The second kappa shape index (κ2) is 7.19. The van der Waals surface area contributed by atoms with Gasteiger partial charge in [-0.3, -0.25) is 0 Å². The molecule has 2 unspecified atom stereocenters. The van der Waals surface area contributed by atoms with Crippen molar-refractivity contribution in [2.45, 2.75) is 48.8 Å². The summed E-state index contributed by atoms with van der Waals surface area (Å²) in [7, 11) is 14.0. The third-order valence-electron chi connectivity index (χ3n) is 6.53. The van der Waals surface area contributed by atoms with E-state index >= 15 is 0 Å². The topological polar surface area (TPSA) is 0 Å². The zero-order valence-corrected chi connectivity index (χ0v) is 23.2. The van der Waals surface area contributed by atoms with Crippen LogP contribution in [0.4, 0.5) is 0 Å². The molecule has 0 aliphatic heterocycles. The van der Waals surface area contributed by atoms with Crippen molar-refractivity contribution < 1.29 is 19.1 Å². The van der Waals surface area contributed by atoms with Crippen LogP contribution in [0.5, 0.6) is 0 Å². The normalized spacial score (nSPS) is 30.2. The van der Waals surface area contributed by atoms with Crippen molar-refractivity contribution in [1.82, 2.24) is 0 Å². The van der Waals surface area contributed by atoms with Gasteiger partial charge >= 0.3 is 173 Å². The van der Waals surface area contributed by atoms with Crippen LogP contribution in [-0.2, 0) is 19.1 Å². The average molecular weight is 601 g/mol. The quantitative estimate of drug-likeness (QED) is 0.301. The van der Waals surface area contributed by atoms with E-state index in [0.717, 1.165) is 6.42 Å². The van der Waals surface area contributed by atoms with Gasteiger partial charge in [0.1, 0.15) is 0 Å². The van der Waals surface area contributed by atoms with E-state index in [9.17, 15) is 0 Å². The Bertz CT molecular complexity index is 789. The fourth-order valence-electron chi connectivity index (χ4n) is 5.04. The van der Waals surface area contributed by atoms with E-state index in [0.29, 0.717) is 5.92 Å². The van der Waals surface area contributed by atoms with Gasteiger partial charge in [-0.25, -0.2) is 0 Å². The first-order valence-electron chi connectivity index (χ1n) is 8.99. The second-order valence-corrected chi connectivity index (χ2v) is 25.9. The summed E-state index contributed by atoms with van der Waals surface area (Å²) in [6.07, 6.45) is 14.7. The molecule has 0 saturated heterocycles. The summed E-state index contributed by atoms with van der Waals surface area (Å²) < 4.78 is 1.53. The van der Waals surface area contributed by atoms with Gasteiger partial charge in [0.05, 0.1) is 0 Å². The minimum atomic E-state index is -2.91. The molecule has 3 aliphatic carbocycles. The van der Waals surface area contributed by atoms with E-state index in [1.165, 1.54) is 22.3 Å². The zero-order chi connectivity index (χ0) is 18.6. The van der Waals surface area contributed by atoms with Gasteiger partial charge in [0.2, 0.25) is 0 Å². The van der Waals surface area contributed by atoms with Gasteiger partial charge in [-0.15, -0.1) is 0 Å². The summed E-state index contributed by atoms with van der Waals surface area (Å²) in [4.78, 5) is 0. The van der Waals surface area contributed by atoms with Crippen molar-refractivity contribution in [3.63, 3.8) is 0 Å². The Hall–Kier alpha value is 0.563. The molecule has 0 heterocycles. The third kappa shape index (κ3) is 2.82. The van der Waals surface area contributed by atoms with Gasteiger partial charge in [-0.2, -0.15) is 0 Å². The Kier molecular flexibility index (Phi) is 5.84. The standard InChI is InChI=1S/C21H27Ge.2ClH.Hf/c1-14-18(22(5)6)13-9-12-17-19(14)15(2)21(3,4)20(17)16-10-7-8-11-16;;;/h7-10,12-14H,11H2,1-6H3;2*1H;/q;;;+2/p-2. The Balaban J connectivity index is 2.32. The molecule has 25 heavy (non-hydrogen) atoms. The maximum atomic E-state index is 7.01. The van der Waals surface area contributed by atoms with Crippen LogP contribution in [0.2, 0.25) is 14.7 Å². The summed E-state index contributed by atoms with van der Waals surface area (Å²) in [6.45, 7) is 9.49. The molecule has 0 fully saturated rings. The molecule has 0 amide bonds. The van der Waals surface area contributed by atoms with Crippen LogP contribution >= 0.6 is 17.2 Å². The molecule has 3 aliphatic rings. The summed E-state index contributed by atoms with van der Waals surface area (Å²) >= 11 is -4.06. The Morgan fingerprint density at radius 1 is 1.16 bits per heavy atom. The van der Waals surface area contributed by atoms with Crippen molar-refractivity contribution in [3.05, 3.63) is 58.7 Å². The first-order chi connectivity index (χ1) is 11.7. The number of allylic oxidation sites excluding steroid dienone is 10. The van der Waals surface area contributed by atoms with Crippen LogP contribution in [0.1, 0.15) is 34.1 Å². The SMILES string of the molecule is CC1=C2C(=CC=C[C](=[Ge]([CH3])[CH3])C2C)[C](C2=CC=CC2)([Hf]([Cl])[Cl])C1(C)C. The first-order valence-corrected chi connectivity index (χ1v) is 24.9. The van der Waals surface area contributed by atoms with E-state index in [2.05, 4.69) is 75.7 Å². The molecule has 133 valence electrons. The Morgan fingerprint density at radius 3 is 2.36 bits per heavy atom. The first kappa shape index (κ1) is 20.3. The van der Waals surface area contributed by atoms with Crippen molar-refractivity contribution in [3.8, 4) is 0 Å². The number of fused-ring (bicyclic) bond motifs is 1. The van der Waals surface area contributed by atoms with Crippen LogP contribution in [0.15, 0.2) is 58.7 Å². The molecule has 0 saturated carbocycles. The van der Waals surface area contributed by atoms with Crippen LogP contribution < -0.4 is 0 Å². The van der Waals surface area contributed by atoms with E-state index in [4.69, 9.17) is 17.2 Å². The molecule has 2 atom stereocenters. The minimum absolute atomic E-state index is 0.0101. The monoisotopic (exact) mass is 603 g/mol. The summed E-state index contributed by atoms with van der Waals surface area (Å²) in [5.41, 5.74) is 5.91. The fraction of sp³-hybridized carbons (Fsp3) is 0.476. The predicted octanol–water partition coefficient (Wildman–Crippen LogP) is 6.95. The molecule has 0 radical (unpaired) electrons. The van der Waals surface area contributed by atoms with Gasteiger partial charge in [-0.05, 0) is 0 Å². The molecule has 0 N–H and O–H groups in total. The molecule has 0 nitrogen and oxygen atoms in total. The Labute approximate surface area is 172 Å². The van der Waals surface area contributed by atoms with Gasteiger partial charge < -0.3 is 0 Å². The van der Waals surface area contributed by atoms with Gasteiger partial charge in [0, 0.05) is 0 Å². The van der Waals surface area contributed by atoms with Crippen molar-refractivity contribution in [1.29, 1.82) is 0 Å². The van der Waals surface area contributed by atoms with Crippen LogP contribution in [0, 0.1) is 11.3 Å².